The summed E-state index contributed by atoms with van der Waals surface area (Å²) in [5.74, 6) is -0.322. The van der Waals surface area contributed by atoms with Gasteiger partial charge in [-0.15, -0.1) is 0 Å². The molecule has 0 saturated carbocycles. The molecule has 0 spiro atoms. The third-order valence-electron chi connectivity index (χ3n) is 2.41. The summed E-state index contributed by atoms with van der Waals surface area (Å²) in [7, 11) is 0. The van der Waals surface area contributed by atoms with Crippen LogP contribution in [0.15, 0.2) is 24.3 Å². The third kappa shape index (κ3) is 3.23. The molecule has 1 fully saturated rings. The van der Waals surface area contributed by atoms with Gasteiger partial charge in [-0.2, -0.15) is 0 Å². The zero-order valence-corrected chi connectivity index (χ0v) is 10.9. The molecule has 6 heteroatoms. The molecule has 1 aliphatic rings. The van der Waals surface area contributed by atoms with Crippen LogP contribution in [0.2, 0.25) is 10.0 Å². The first-order valence-corrected chi connectivity index (χ1v) is 6.07. The maximum Gasteiger partial charge on any atom is 0.270 e. The van der Waals surface area contributed by atoms with Crippen LogP contribution in [0, 0.1) is 0 Å². The molecule has 0 bridgehead atoms. The van der Waals surface area contributed by atoms with Crippen LogP contribution in [0.5, 0.6) is 0 Å². The molecular weight excluding hydrogens is 277 g/mol. The Bertz CT molecular complexity index is 490. The summed E-state index contributed by atoms with van der Waals surface area (Å²) in [6.45, 7) is 0.330. The van der Waals surface area contributed by atoms with Crippen molar-refractivity contribution in [2.45, 2.75) is 6.10 Å². The molecule has 1 aromatic carbocycles. The second-order valence-corrected chi connectivity index (χ2v) is 4.67. The van der Waals surface area contributed by atoms with E-state index in [1.54, 1.807) is 24.3 Å². The molecule has 1 saturated heterocycles. The van der Waals surface area contributed by atoms with Crippen molar-refractivity contribution in [1.82, 2.24) is 5.06 Å². The van der Waals surface area contributed by atoms with Crippen LogP contribution < -0.4 is 0 Å². The van der Waals surface area contributed by atoms with Crippen molar-refractivity contribution in [2.75, 3.05) is 13.2 Å². The summed E-state index contributed by atoms with van der Waals surface area (Å²) < 4.78 is 0. The van der Waals surface area contributed by atoms with Crippen molar-refractivity contribution in [3.8, 4) is 0 Å². The van der Waals surface area contributed by atoms with Crippen LogP contribution in [0.25, 0.3) is 6.08 Å². The summed E-state index contributed by atoms with van der Waals surface area (Å²) in [5, 5.41) is 11.2. The Morgan fingerprint density at radius 2 is 2.22 bits per heavy atom. The molecule has 0 aliphatic carbocycles. The van der Waals surface area contributed by atoms with E-state index in [4.69, 9.17) is 28.0 Å². The molecule has 4 nitrogen and oxygen atoms in total. The van der Waals surface area contributed by atoms with E-state index in [0.29, 0.717) is 10.0 Å². The van der Waals surface area contributed by atoms with Gasteiger partial charge >= 0.3 is 0 Å². The SMILES string of the molecule is O=C(/C=C/c1ccc(Cl)c(Cl)c1)N1C[C@@H](O)CO1. The number of hydroxylamine groups is 2. The number of aliphatic hydroxyl groups excluding tert-OH is 1. The van der Waals surface area contributed by atoms with Crippen molar-refractivity contribution >= 4 is 35.2 Å². The third-order valence-corrected chi connectivity index (χ3v) is 3.15. The van der Waals surface area contributed by atoms with E-state index >= 15 is 0 Å². The standard InChI is InChI=1S/C12H11Cl2NO3/c13-10-3-1-8(5-11(10)14)2-4-12(17)15-6-9(16)7-18-15/h1-5,9,16H,6-7H2/b4-2+/t9-/m1/s1. The Morgan fingerprint density at radius 1 is 1.44 bits per heavy atom. The zero-order valence-electron chi connectivity index (χ0n) is 9.35. The minimum Gasteiger partial charge on any atom is -0.389 e. The van der Waals surface area contributed by atoms with E-state index in [0.717, 1.165) is 10.6 Å². The largest absolute Gasteiger partial charge is 0.389 e. The van der Waals surface area contributed by atoms with Crippen LogP contribution in [0.1, 0.15) is 5.56 Å². The molecule has 1 aromatic rings. The first-order chi connectivity index (χ1) is 8.56. The number of amides is 1. The number of halogens is 2. The molecule has 1 atom stereocenters. The van der Waals surface area contributed by atoms with Gasteiger partial charge < -0.3 is 5.11 Å². The predicted octanol–water partition coefficient (Wildman–Crippen LogP) is 2.14. The van der Waals surface area contributed by atoms with Gasteiger partial charge in [-0.25, -0.2) is 5.06 Å². The van der Waals surface area contributed by atoms with Crippen LogP contribution in [0.3, 0.4) is 0 Å². The van der Waals surface area contributed by atoms with Crippen molar-refractivity contribution in [1.29, 1.82) is 0 Å². The fraction of sp³-hybridized carbons (Fsp3) is 0.250. The first-order valence-electron chi connectivity index (χ1n) is 5.32. The second-order valence-electron chi connectivity index (χ2n) is 3.86. The number of carbonyl (C=O) groups is 1. The highest BCUT2D eigenvalue weighted by molar-refractivity contribution is 6.42. The predicted molar refractivity (Wildman–Crippen MR) is 69.2 cm³/mol. The lowest BCUT2D eigenvalue weighted by Crippen LogP contribution is -2.26. The first kappa shape index (κ1) is 13.4. The van der Waals surface area contributed by atoms with Crippen molar-refractivity contribution in [3.05, 3.63) is 39.9 Å². The van der Waals surface area contributed by atoms with Gasteiger partial charge in [0.1, 0.15) is 12.7 Å². The number of carbonyl (C=O) groups excluding carboxylic acids is 1. The monoisotopic (exact) mass is 287 g/mol. The molecule has 2 rings (SSSR count). The summed E-state index contributed by atoms with van der Waals surface area (Å²) in [6, 6.07) is 5.06. The average molecular weight is 288 g/mol. The van der Waals surface area contributed by atoms with Crippen LogP contribution in [-0.4, -0.2) is 35.3 Å². The molecule has 1 heterocycles. The fourth-order valence-electron chi connectivity index (χ4n) is 1.49. The summed E-state index contributed by atoms with van der Waals surface area (Å²) >= 11 is 11.6. The molecular formula is C12H11Cl2NO3. The number of nitrogens with zero attached hydrogens (tertiary/aromatic N) is 1. The van der Waals surface area contributed by atoms with Gasteiger partial charge in [0.15, 0.2) is 0 Å². The molecule has 0 aromatic heterocycles. The van der Waals surface area contributed by atoms with E-state index in [1.165, 1.54) is 6.08 Å². The summed E-state index contributed by atoms with van der Waals surface area (Å²) in [6.07, 6.45) is 2.35. The fourth-order valence-corrected chi connectivity index (χ4v) is 1.80. The molecule has 1 N–H and O–H groups in total. The van der Waals surface area contributed by atoms with E-state index in [1.807, 2.05) is 0 Å². The smallest absolute Gasteiger partial charge is 0.270 e. The van der Waals surface area contributed by atoms with Crippen molar-refractivity contribution in [3.63, 3.8) is 0 Å². The zero-order chi connectivity index (χ0) is 13.1. The topological polar surface area (TPSA) is 49.8 Å². The number of benzene rings is 1. The van der Waals surface area contributed by atoms with Gasteiger partial charge in [-0.3, -0.25) is 9.63 Å². The minimum absolute atomic E-state index is 0.145. The van der Waals surface area contributed by atoms with Crippen LogP contribution in [-0.2, 0) is 9.63 Å². The quantitative estimate of drug-likeness (QED) is 0.848. The Balaban J connectivity index is 2.02. The van der Waals surface area contributed by atoms with E-state index in [-0.39, 0.29) is 19.1 Å². The van der Waals surface area contributed by atoms with E-state index in [2.05, 4.69) is 0 Å². The van der Waals surface area contributed by atoms with E-state index in [9.17, 15) is 9.90 Å². The average Bonchev–Trinajstić information content (AvgIpc) is 2.77. The van der Waals surface area contributed by atoms with Crippen molar-refractivity contribution < 1.29 is 14.7 Å². The number of rotatable bonds is 2. The lowest BCUT2D eigenvalue weighted by molar-refractivity contribution is -0.162. The van der Waals surface area contributed by atoms with Gasteiger partial charge in [-0.05, 0) is 23.8 Å². The maximum atomic E-state index is 11.7. The lowest BCUT2D eigenvalue weighted by atomic mass is 10.2. The Kier molecular flexibility index (Phi) is 4.24. The van der Waals surface area contributed by atoms with Gasteiger partial charge in [0.25, 0.3) is 5.91 Å². The van der Waals surface area contributed by atoms with E-state index < -0.39 is 6.10 Å². The molecule has 96 valence electrons. The van der Waals surface area contributed by atoms with Gasteiger partial charge in [0.05, 0.1) is 16.6 Å². The molecule has 0 unspecified atom stereocenters. The normalized spacial score (nSPS) is 19.7. The number of β-amino-alcohol motifs (C(OH)–C–C–N with tert-alkyl or cyclic N) is 1. The minimum atomic E-state index is -0.618. The maximum absolute atomic E-state index is 11.7. The van der Waals surface area contributed by atoms with Gasteiger partial charge in [0, 0.05) is 6.08 Å². The molecule has 1 aliphatic heterocycles. The highest BCUT2D eigenvalue weighted by atomic mass is 35.5. The van der Waals surface area contributed by atoms with Crippen molar-refractivity contribution in [2.24, 2.45) is 0 Å². The second kappa shape index (κ2) is 5.71. The Morgan fingerprint density at radius 3 is 2.83 bits per heavy atom. The van der Waals surface area contributed by atoms with Crippen LogP contribution >= 0.6 is 23.2 Å². The number of aliphatic hydroxyl groups is 1. The summed E-state index contributed by atoms with van der Waals surface area (Å²) in [5.41, 5.74) is 0.762. The Labute approximate surface area is 114 Å². The Hall–Kier alpha value is -1.07. The molecule has 18 heavy (non-hydrogen) atoms. The van der Waals surface area contributed by atoms with Gasteiger partial charge in [-0.1, -0.05) is 29.3 Å². The van der Waals surface area contributed by atoms with Crippen LogP contribution in [0.4, 0.5) is 0 Å². The molecule has 0 radical (unpaired) electrons. The highest BCUT2D eigenvalue weighted by Gasteiger charge is 2.24. The number of hydrogen-bond donors (Lipinski definition) is 1. The lowest BCUT2D eigenvalue weighted by Gasteiger charge is -2.10. The summed E-state index contributed by atoms with van der Waals surface area (Å²) in [4.78, 5) is 16.7. The van der Waals surface area contributed by atoms with Gasteiger partial charge in [0.2, 0.25) is 0 Å². The highest BCUT2D eigenvalue weighted by Crippen LogP contribution is 2.23. The molecule has 1 amide bonds. The number of hydrogen-bond acceptors (Lipinski definition) is 3.